The number of furan rings is 1. The summed E-state index contributed by atoms with van der Waals surface area (Å²) in [7, 11) is 0. The maximum Gasteiger partial charge on any atom is 0.122 e. The van der Waals surface area contributed by atoms with Crippen LogP contribution in [0.2, 0.25) is 0 Å². The van der Waals surface area contributed by atoms with Crippen LogP contribution in [0.25, 0.3) is 0 Å². The third-order valence-corrected chi connectivity index (χ3v) is 3.67. The number of imidazole rings is 1. The molecule has 1 aliphatic heterocycles. The van der Waals surface area contributed by atoms with Gasteiger partial charge in [0.15, 0.2) is 0 Å². The SMILES string of the molecule is CCCNCc1coc(CN2CCn3ccnc3C2)c1. The summed E-state index contributed by atoms with van der Waals surface area (Å²) < 4.78 is 7.88. The van der Waals surface area contributed by atoms with Crippen molar-refractivity contribution >= 4 is 0 Å². The van der Waals surface area contributed by atoms with Crippen molar-refractivity contribution < 1.29 is 4.42 Å². The second-order valence-corrected chi connectivity index (χ2v) is 5.35. The fourth-order valence-corrected chi connectivity index (χ4v) is 2.59. The molecule has 108 valence electrons. The first-order valence-electron chi connectivity index (χ1n) is 7.34. The predicted molar refractivity (Wildman–Crippen MR) is 77.0 cm³/mol. The lowest BCUT2D eigenvalue weighted by atomic mass is 10.2. The monoisotopic (exact) mass is 274 g/mol. The van der Waals surface area contributed by atoms with Gasteiger partial charge in [0, 0.05) is 37.6 Å². The molecular formula is C15H22N4O. The number of nitrogens with zero attached hydrogens (tertiary/aromatic N) is 3. The van der Waals surface area contributed by atoms with Crippen molar-refractivity contribution in [2.45, 2.75) is 39.5 Å². The zero-order chi connectivity index (χ0) is 13.8. The molecule has 0 spiro atoms. The van der Waals surface area contributed by atoms with E-state index in [9.17, 15) is 0 Å². The van der Waals surface area contributed by atoms with Crippen LogP contribution in [0.15, 0.2) is 29.1 Å². The van der Waals surface area contributed by atoms with Crippen molar-refractivity contribution in [1.29, 1.82) is 0 Å². The van der Waals surface area contributed by atoms with Gasteiger partial charge in [-0.05, 0) is 19.0 Å². The smallest absolute Gasteiger partial charge is 0.122 e. The van der Waals surface area contributed by atoms with E-state index in [1.165, 1.54) is 5.56 Å². The molecule has 5 heteroatoms. The molecule has 0 saturated carbocycles. The van der Waals surface area contributed by atoms with Crippen molar-refractivity contribution in [3.05, 3.63) is 41.9 Å². The van der Waals surface area contributed by atoms with Gasteiger partial charge in [0.1, 0.15) is 11.6 Å². The summed E-state index contributed by atoms with van der Waals surface area (Å²) in [6, 6.07) is 2.16. The van der Waals surface area contributed by atoms with E-state index in [4.69, 9.17) is 4.42 Å². The van der Waals surface area contributed by atoms with Crippen LogP contribution in [0, 0.1) is 0 Å². The fourth-order valence-electron chi connectivity index (χ4n) is 2.59. The van der Waals surface area contributed by atoms with E-state index in [2.05, 4.69) is 39.0 Å². The Morgan fingerprint density at radius 3 is 3.25 bits per heavy atom. The van der Waals surface area contributed by atoms with Crippen molar-refractivity contribution in [2.24, 2.45) is 0 Å². The molecular weight excluding hydrogens is 252 g/mol. The minimum atomic E-state index is 0.862. The van der Waals surface area contributed by atoms with Gasteiger partial charge in [0.05, 0.1) is 19.4 Å². The van der Waals surface area contributed by atoms with Gasteiger partial charge in [0.25, 0.3) is 0 Å². The van der Waals surface area contributed by atoms with Gasteiger partial charge in [-0.25, -0.2) is 4.98 Å². The Bertz CT molecular complexity index is 546. The van der Waals surface area contributed by atoms with E-state index in [-0.39, 0.29) is 0 Å². The molecule has 5 nitrogen and oxygen atoms in total. The summed E-state index contributed by atoms with van der Waals surface area (Å²) in [6.45, 7) is 7.94. The molecule has 0 aromatic carbocycles. The molecule has 0 saturated heterocycles. The number of rotatable bonds is 6. The molecule has 1 N–H and O–H groups in total. The molecule has 0 amide bonds. The van der Waals surface area contributed by atoms with Gasteiger partial charge in [-0.1, -0.05) is 6.92 Å². The number of hydrogen-bond donors (Lipinski definition) is 1. The third kappa shape index (κ3) is 3.11. The van der Waals surface area contributed by atoms with Crippen LogP contribution in [-0.2, 0) is 26.2 Å². The van der Waals surface area contributed by atoms with Crippen molar-refractivity contribution in [2.75, 3.05) is 13.1 Å². The number of fused-ring (bicyclic) bond motifs is 1. The van der Waals surface area contributed by atoms with Gasteiger partial charge in [-0.15, -0.1) is 0 Å². The highest BCUT2D eigenvalue weighted by Crippen LogP contribution is 2.15. The summed E-state index contributed by atoms with van der Waals surface area (Å²) in [4.78, 5) is 6.76. The molecule has 0 aliphatic carbocycles. The minimum Gasteiger partial charge on any atom is -0.468 e. The quantitative estimate of drug-likeness (QED) is 0.818. The lowest BCUT2D eigenvalue weighted by Crippen LogP contribution is -2.33. The highest BCUT2D eigenvalue weighted by Gasteiger charge is 2.17. The van der Waals surface area contributed by atoms with E-state index in [1.54, 1.807) is 0 Å². The van der Waals surface area contributed by atoms with E-state index in [0.29, 0.717) is 0 Å². The largest absolute Gasteiger partial charge is 0.468 e. The van der Waals surface area contributed by atoms with E-state index in [1.807, 2.05) is 12.5 Å². The number of aromatic nitrogens is 2. The van der Waals surface area contributed by atoms with Gasteiger partial charge < -0.3 is 14.3 Å². The summed E-state index contributed by atoms with van der Waals surface area (Å²) in [5.74, 6) is 2.19. The van der Waals surface area contributed by atoms with Crippen molar-refractivity contribution in [3.63, 3.8) is 0 Å². The highest BCUT2D eigenvalue weighted by molar-refractivity contribution is 5.13. The summed E-state index contributed by atoms with van der Waals surface area (Å²) >= 11 is 0. The molecule has 1 aliphatic rings. The van der Waals surface area contributed by atoms with Gasteiger partial charge in [0.2, 0.25) is 0 Å². The first-order valence-corrected chi connectivity index (χ1v) is 7.34. The average molecular weight is 274 g/mol. The molecule has 0 radical (unpaired) electrons. The number of nitrogens with one attached hydrogen (secondary N) is 1. The Morgan fingerprint density at radius 1 is 1.40 bits per heavy atom. The second-order valence-electron chi connectivity index (χ2n) is 5.35. The summed E-state index contributed by atoms with van der Waals surface area (Å²) in [5.41, 5.74) is 1.23. The van der Waals surface area contributed by atoms with Crippen LogP contribution < -0.4 is 5.32 Å². The Morgan fingerprint density at radius 2 is 2.35 bits per heavy atom. The molecule has 3 rings (SSSR count). The first-order chi connectivity index (χ1) is 9.85. The fraction of sp³-hybridized carbons (Fsp3) is 0.533. The standard InChI is InChI=1S/C15H22N4O/c1-2-3-16-9-13-8-14(20-12-13)10-18-6-7-19-5-4-17-15(19)11-18/h4-5,8,12,16H,2-3,6-7,9-11H2,1H3. The maximum absolute atomic E-state index is 5.66. The van der Waals surface area contributed by atoms with Crippen LogP contribution in [-0.4, -0.2) is 27.5 Å². The van der Waals surface area contributed by atoms with E-state index in [0.717, 1.165) is 57.3 Å². The van der Waals surface area contributed by atoms with Crippen LogP contribution in [0.5, 0.6) is 0 Å². The Hall–Kier alpha value is -1.59. The maximum atomic E-state index is 5.66. The van der Waals surface area contributed by atoms with E-state index < -0.39 is 0 Å². The Kier molecular flexibility index (Phi) is 4.18. The topological polar surface area (TPSA) is 46.2 Å². The molecule has 3 heterocycles. The second kappa shape index (κ2) is 6.24. The van der Waals surface area contributed by atoms with Crippen LogP contribution in [0.4, 0.5) is 0 Å². The molecule has 0 bridgehead atoms. The van der Waals surface area contributed by atoms with Gasteiger partial charge in [-0.2, -0.15) is 0 Å². The molecule has 20 heavy (non-hydrogen) atoms. The molecule has 0 fully saturated rings. The molecule has 2 aromatic heterocycles. The Labute approximate surface area is 119 Å². The van der Waals surface area contributed by atoms with Crippen LogP contribution in [0.1, 0.15) is 30.5 Å². The van der Waals surface area contributed by atoms with Gasteiger partial charge in [-0.3, -0.25) is 4.90 Å². The van der Waals surface area contributed by atoms with E-state index >= 15 is 0 Å². The highest BCUT2D eigenvalue weighted by atomic mass is 16.3. The van der Waals surface area contributed by atoms with Crippen LogP contribution in [0.3, 0.4) is 0 Å². The minimum absolute atomic E-state index is 0.862. The normalized spacial score (nSPS) is 15.4. The lowest BCUT2D eigenvalue weighted by molar-refractivity contribution is 0.194. The average Bonchev–Trinajstić information content (AvgIpc) is 3.08. The Balaban J connectivity index is 1.54. The summed E-state index contributed by atoms with van der Waals surface area (Å²) in [5, 5.41) is 3.39. The lowest BCUT2D eigenvalue weighted by Gasteiger charge is -2.26. The molecule has 0 atom stereocenters. The zero-order valence-corrected chi connectivity index (χ0v) is 12.0. The summed E-state index contributed by atoms with van der Waals surface area (Å²) in [6.07, 6.45) is 6.95. The predicted octanol–water partition coefficient (Wildman–Crippen LogP) is 1.99. The zero-order valence-electron chi connectivity index (χ0n) is 12.0. The molecule has 0 unspecified atom stereocenters. The molecule has 2 aromatic rings. The van der Waals surface area contributed by atoms with Crippen molar-refractivity contribution in [3.8, 4) is 0 Å². The van der Waals surface area contributed by atoms with Crippen molar-refractivity contribution in [1.82, 2.24) is 19.8 Å². The number of hydrogen-bond acceptors (Lipinski definition) is 4. The van der Waals surface area contributed by atoms with Crippen LogP contribution >= 0.6 is 0 Å². The third-order valence-electron chi connectivity index (χ3n) is 3.67. The first kappa shape index (κ1) is 13.4. The van der Waals surface area contributed by atoms with Gasteiger partial charge >= 0.3 is 0 Å².